The van der Waals surface area contributed by atoms with Gasteiger partial charge in [0.25, 0.3) is 5.91 Å². The van der Waals surface area contributed by atoms with E-state index >= 15 is 0 Å². The molecule has 2 atom stereocenters. The van der Waals surface area contributed by atoms with Crippen LogP contribution in [-0.4, -0.2) is 70.9 Å². The Morgan fingerprint density at radius 2 is 2.06 bits per heavy atom. The van der Waals surface area contributed by atoms with E-state index in [2.05, 4.69) is 40.7 Å². The van der Waals surface area contributed by atoms with Gasteiger partial charge < -0.3 is 24.8 Å². The standard InChI is InChI=1S/C26H38N6O3/c1-15(2)14-32(21-7-19(11-27-13-21)25-29-16(3)31-35-25)26(33)24-23(30-20-9-22(10-20)34-4)8-18(12-28-24)17-5-6-17/h8,12,15,17,19-22,27,30H,5-7,9-11,13-14H2,1-4H3/t19-,20?,21+,22?/m1/s1. The average Bonchev–Trinajstić information content (AvgIpc) is 3.59. The maximum absolute atomic E-state index is 14.1. The number of nitrogens with zero attached hydrogens (tertiary/aromatic N) is 4. The minimum Gasteiger partial charge on any atom is -0.381 e. The molecular formula is C26H38N6O3. The number of carbonyl (C=O) groups excluding carboxylic acids is 1. The van der Waals surface area contributed by atoms with Gasteiger partial charge in [0.15, 0.2) is 11.5 Å². The number of rotatable bonds is 9. The quantitative estimate of drug-likeness (QED) is 0.560. The molecule has 5 rings (SSSR count). The molecule has 190 valence electrons. The van der Waals surface area contributed by atoms with Crippen LogP contribution in [-0.2, 0) is 4.74 Å². The summed E-state index contributed by atoms with van der Waals surface area (Å²) in [6, 6.07) is 2.49. The van der Waals surface area contributed by atoms with Gasteiger partial charge in [0.1, 0.15) is 0 Å². The molecule has 2 aromatic rings. The zero-order valence-electron chi connectivity index (χ0n) is 21.3. The molecule has 9 nitrogen and oxygen atoms in total. The lowest BCUT2D eigenvalue weighted by molar-refractivity contribution is 0.0328. The molecule has 35 heavy (non-hydrogen) atoms. The van der Waals surface area contributed by atoms with Crippen LogP contribution in [0.5, 0.6) is 0 Å². The van der Waals surface area contributed by atoms with Gasteiger partial charge in [0, 0.05) is 45.0 Å². The van der Waals surface area contributed by atoms with Crippen molar-refractivity contribution in [1.29, 1.82) is 0 Å². The highest BCUT2D eigenvalue weighted by Gasteiger charge is 2.36. The normalized spacial score (nSPS) is 26.4. The zero-order chi connectivity index (χ0) is 24.5. The highest BCUT2D eigenvalue weighted by atomic mass is 16.5. The van der Waals surface area contributed by atoms with Crippen LogP contribution >= 0.6 is 0 Å². The molecular weight excluding hydrogens is 444 g/mol. The second kappa shape index (κ2) is 10.2. The fraction of sp³-hybridized carbons (Fsp3) is 0.692. The predicted octanol–water partition coefficient (Wildman–Crippen LogP) is 3.48. The Morgan fingerprint density at radius 1 is 1.26 bits per heavy atom. The number of carbonyl (C=O) groups is 1. The Labute approximate surface area is 207 Å². The summed E-state index contributed by atoms with van der Waals surface area (Å²) in [4.78, 5) is 25.3. The molecule has 3 heterocycles. The number of pyridine rings is 1. The van der Waals surface area contributed by atoms with E-state index in [-0.39, 0.29) is 17.9 Å². The third-order valence-corrected chi connectivity index (χ3v) is 7.43. The third-order valence-electron chi connectivity index (χ3n) is 7.43. The van der Waals surface area contributed by atoms with Gasteiger partial charge in [0.2, 0.25) is 5.89 Å². The van der Waals surface area contributed by atoms with Crippen molar-refractivity contribution >= 4 is 11.6 Å². The molecule has 0 aromatic carbocycles. The van der Waals surface area contributed by atoms with Crippen molar-refractivity contribution in [2.45, 2.75) is 82.9 Å². The highest BCUT2D eigenvalue weighted by Crippen LogP contribution is 2.41. The SMILES string of the molecule is COC1CC(Nc2cc(C3CC3)cnc2C(=O)N(CC(C)C)[C@@H]2CNC[C@H](c3nc(C)no3)C2)C1. The van der Waals surface area contributed by atoms with Crippen LogP contribution in [0.25, 0.3) is 0 Å². The van der Waals surface area contributed by atoms with Gasteiger partial charge in [-0.2, -0.15) is 4.98 Å². The molecule has 1 amide bonds. The molecule has 3 aliphatic rings. The van der Waals surface area contributed by atoms with Crippen LogP contribution in [0.15, 0.2) is 16.8 Å². The average molecular weight is 483 g/mol. The van der Waals surface area contributed by atoms with Gasteiger partial charge >= 0.3 is 0 Å². The molecule has 0 unspecified atom stereocenters. The molecule has 2 N–H and O–H groups in total. The number of aryl methyl sites for hydroxylation is 1. The number of ether oxygens (including phenoxy) is 1. The van der Waals surface area contributed by atoms with E-state index in [0.29, 0.717) is 47.9 Å². The number of nitrogens with one attached hydrogen (secondary N) is 2. The number of aromatic nitrogens is 3. The Bertz CT molecular complexity index is 1030. The van der Waals surface area contributed by atoms with Crippen LogP contribution in [0.1, 0.15) is 85.6 Å². The number of amides is 1. The predicted molar refractivity (Wildman–Crippen MR) is 133 cm³/mol. The zero-order valence-corrected chi connectivity index (χ0v) is 21.3. The van der Waals surface area contributed by atoms with Gasteiger partial charge in [0.05, 0.1) is 17.7 Å². The van der Waals surface area contributed by atoms with Crippen LogP contribution < -0.4 is 10.6 Å². The van der Waals surface area contributed by atoms with Crippen molar-refractivity contribution in [2.75, 3.05) is 32.1 Å². The summed E-state index contributed by atoms with van der Waals surface area (Å²) < 4.78 is 10.9. The molecule has 3 fully saturated rings. The lowest BCUT2D eigenvalue weighted by atomic mass is 9.89. The van der Waals surface area contributed by atoms with Gasteiger partial charge in [-0.1, -0.05) is 19.0 Å². The van der Waals surface area contributed by atoms with Gasteiger partial charge in [-0.25, -0.2) is 4.98 Å². The van der Waals surface area contributed by atoms with E-state index < -0.39 is 0 Å². The van der Waals surface area contributed by atoms with Crippen molar-refractivity contribution in [3.63, 3.8) is 0 Å². The van der Waals surface area contributed by atoms with Crippen LogP contribution in [0.4, 0.5) is 5.69 Å². The first-order valence-electron chi connectivity index (χ1n) is 13.0. The summed E-state index contributed by atoms with van der Waals surface area (Å²) in [5.74, 6) is 2.26. The smallest absolute Gasteiger partial charge is 0.274 e. The van der Waals surface area contributed by atoms with Gasteiger partial charge in [-0.15, -0.1) is 0 Å². The third kappa shape index (κ3) is 5.51. The minimum atomic E-state index is -0.0136. The molecule has 2 saturated carbocycles. The van der Waals surface area contributed by atoms with E-state index in [1.54, 1.807) is 7.11 Å². The fourth-order valence-corrected chi connectivity index (χ4v) is 5.25. The van der Waals surface area contributed by atoms with E-state index in [1.165, 1.54) is 18.4 Å². The number of hydrogen-bond acceptors (Lipinski definition) is 8. The fourth-order valence-electron chi connectivity index (χ4n) is 5.25. The summed E-state index contributed by atoms with van der Waals surface area (Å²) in [6.45, 7) is 8.31. The monoisotopic (exact) mass is 482 g/mol. The first kappa shape index (κ1) is 24.2. The van der Waals surface area contributed by atoms with E-state index in [4.69, 9.17) is 14.2 Å². The Morgan fingerprint density at radius 3 is 2.71 bits per heavy atom. The lowest BCUT2D eigenvalue weighted by Crippen LogP contribution is -2.52. The van der Waals surface area contributed by atoms with Crippen molar-refractivity contribution < 1.29 is 14.1 Å². The van der Waals surface area contributed by atoms with Crippen molar-refractivity contribution in [1.82, 2.24) is 25.3 Å². The molecule has 2 aliphatic carbocycles. The Kier molecular flexibility index (Phi) is 7.07. The number of piperidine rings is 1. The molecule has 2 aromatic heterocycles. The van der Waals surface area contributed by atoms with Crippen LogP contribution in [0.3, 0.4) is 0 Å². The minimum absolute atomic E-state index is 0.0136. The molecule has 0 radical (unpaired) electrons. The molecule has 0 bridgehead atoms. The van der Waals surface area contributed by atoms with Crippen LogP contribution in [0.2, 0.25) is 0 Å². The maximum atomic E-state index is 14.1. The van der Waals surface area contributed by atoms with Crippen molar-refractivity contribution in [3.8, 4) is 0 Å². The van der Waals surface area contributed by atoms with Gasteiger partial charge in [-0.3, -0.25) is 4.79 Å². The lowest BCUT2D eigenvalue weighted by Gasteiger charge is -2.39. The van der Waals surface area contributed by atoms with Crippen molar-refractivity contribution in [2.24, 2.45) is 5.92 Å². The first-order valence-corrected chi connectivity index (χ1v) is 13.0. The number of methoxy groups -OCH3 is 1. The number of hydrogen-bond donors (Lipinski definition) is 2. The molecule has 9 heteroatoms. The summed E-state index contributed by atoms with van der Waals surface area (Å²) in [7, 11) is 1.76. The second-order valence-electron chi connectivity index (χ2n) is 10.9. The molecule has 1 saturated heterocycles. The van der Waals surface area contributed by atoms with E-state index in [9.17, 15) is 4.79 Å². The summed E-state index contributed by atoms with van der Waals surface area (Å²) in [6.07, 6.45) is 7.29. The van der Waals surface area contributed by atoms with Crippen LogP contribution in [0, 0.1) is 12.8 Å². The Hall–Kier alpha value is -2.52. The summed E-state index contributed by atoms with van der Waals surface area (Å²) in [5, 5.41) is 11.1. The van der Waals surface area contributed by atoms with Crippen molar-refractivity contribution in [3.05, 3.63) is 35.2 Å². The topological polar surface area (TPSA) is 105 Å². The van der Waals surface area contributed by atoms with E-state index in [0.717, 1.165) is 38.0 Å². The summed E-state index contributed by atoms with van der Waals surface area (Å²) >= 11 is 0. The Balaban J connectivity index is 1.39. The first-order chi connectivity index (χ1) is 16.9. The number of anilines is 1. The maximum Gasteiger partial charge on any atom is 0.274 e. The second-order valence-corrected chi connectivity index (χ2v) is 10.9. The van der Waals surface area contributed by atoms with E-state index in [1.807, 2.05) is 18.0 Å². The summed E-state index contributed by atoms with van der Waals surface area (Å²) in [5.41, 5.74) is 2.61. The molecule has 1 aliphatic heterocycles. The van der Waals surface area contributed by atoms with Gasteiger partial charge in [-0.05, 0) is 62.5 Å². The largest absolute Gasteiger partial charge is 0.381 e. The highest BCUT2D eigenvalue weighted by molar-refractivity contribution is 5.98. The molecule has 0 spiro atoms.